The van der Waals surface area contributed by atoms with Gasteiger partial charge in [0.2, 0.25) is 0 Å². The van der Waals surface area contributed by atoms with Gasteiger partial charge in [0, 0.05) is 58.4 Å². The molecule has 98 valence electrons. The maximum atomic E-state index is 3.43. The number of rotatable bonds is 4. The average Bonchev–Trinajstić information content (AvgIpc) is 2.81. The fourth-order valence-electron chi connectivity index (χ4n) is 3.29. The van der Waals surface area contributed by atoms with E-state index in [0.717, 1.165) is 6.04 Å². The van der Waals surface area contributed by atoms with Crippen LogP contribution in [-0.2, 0) is 0 Å². The van der Waals surface area contributed by atoms with Gasteiger partial charge in [0.25, 0.3) is 0 Å². The van der Waals surface area contributed by atoms with E-state index in [-0.39, 0.29) is 0 Å². The average molecular weight is 238 g/mol. The van der Waals surface area contributed by atoms with Crippen molar-refractivity contribution in [3.05, 3.63) is 0 Å². The van der Waals surface area contributed by atoms with Gasteiger partial charge < -0.3 is 10.2 Å². The van der Waals surface area contributed by atoms with Crippen LogP contribution in [0, 0.1) is 0 Å². The summed E-state index contributed by atoms with van der Waals surface area (Å²) in [6, 6.07) is 0.857. The molecule has 3 aliphatic heterocycles. The Morgan fingerprint density at radius 3 is 2.18 bits per heavy atom. The lowest BCUT2D eigenvalue weighted by Gasteiger charge is -2.47. The standard InChI is InChI=1S/C13H26N4/c1-2-6-15(5-1)9-10-16-11-13(12-16)17-7-3-14-4-8-17/h13-14H,1-12H2. The van der Waals surface area contributed by atoms with Crippen LogP contribution >= 0.6 is 0 Å². The third kappa shape index (κ3) is 2.99. The molecule has 4 nitrogen and oxygen atoms in total. The lowest BCUT2D eigenvalue weighted by Crippen LogP contribution is -2.63. The van der Waals surface area contributed by atoms with Gasteiger partial charge in [0.05, 0.1) is 0 Å². The van der Waals surface area contributed by atoms with Gasteiger partial charge in [-0.2, -0.15) is 0 Å². The third-order valence-electron chi connectivity index (χ3n) is 4.54. The first-order chi connectivity index (χ1) is 8.42. The van der Waals surface area contributed by atoms with Crippen molar-refractivity contribution in [2.75, 3.05) is 65.4 Å². The Kier molecular flexibility index (Phi) is 3.96. The van der Waals surface area contributed by atoms with E-state index in [0.29, 0.717) is 0 Å². The van der Waals surface area contributed by atoms with Gasteiger partial charge in [-0.1, -0.05) is 0 Å². The molecule has 0 aromatic carbocycles. The summed E-state index contributed by atoms with van der Waals surface area (Å²) >= 11 is 0. The van der Waals surface area contributed by atoms with Gasteiger partial charge in [0.15, 0.2) is 0 Å². The van der Waals surface area contributed by atoms with E-state index in [1.807, 2.05) is 0 Å². The third-order valence-corrected chi connectivity index (χ3v) is 4.54. The molecule has 3 heterocycles. The Bertz CT molecular complexity index is 228. The zero-order chi connectivity index (χ0) is 11.5. The highest BCUT2D eigenvalue weighted by molar-refractivity contribution is 4.90. The van der Waals surface area contributed by atoms with Crippen LogP contribution in [0.4, 0.5) is 0 Å². The van der Waals surface area contributed by atoms with E-state index < -0.39 is 0 Å². The minimum absolute atomic E-state index is 0.857. The normalized spacial score (nSPS) is 29.6. The second kappa shape index (κ2) is 5.65. The quantitative estimate of drug-likeness (QED) is 0.724. The van der Waals surface area contributed by atoms with Crippen LogP contribution in [0.1, 0.15) is 12.8 Å². The first-order valence-corrected chi connectivity index (χ1v) is 7.31. The summed E-state index contributed by atoms with van der Waals surface area (Å²) in [5, 5.41) is 3.43. The molecule has 0 spiro atoms. The number of nitrogens with zero attached hydrogens (tertiary/aromatic N) is 3. The van der Waals surface area contributed by atoms with Crippen molar-refractivity contribution in [2.45, 2.75) is 18.9 Å². The second-order valence-electron chi connectivity index (χ2n) is 5.75. The maximum Gasteiger partial charge on any atom is 0.0351 e. The molecule has 4 heteroatoms. The lowest BCUT2D eigenvalue weighted by atomic mass is 10.1. The first kappa shape index (κ1) is 11.9. The van der Waals surface area contributed by atoms with Crippen molar-refractivity contribution >= 4 is 0 Å². The summed E-state index contributed by atoms with van der Waals surface area (Å²) in [5.41, 5.74) is 0. The van der Waals surface area contributed by atoms with Crippen LogP contribution in [0.2, 0.25) is 0 Å². The molecule has 0 unspecified atom stereocenters. The van der Waals surface area contributed by atoms with Crippen LogP contribution in [0.25, 0.3) is 0 Å². The van der Waals surface area contributed by atoms with Crippen molar-refractivity contribution in [2.24, 2.45) is 0 Å². The summed E-state index contributed by atoms with van der Waals surface area (Å²) in [6.07, 6.45) is 2.84. The molecular formula is C13H26N4. The molecule has 0 aliphatic carbocycles. The van der Waals surface area contributed by atoms with Crippen LogP contribution in [-0.4, -0.2) is 86.2 Å². The molecule has 3 rings (SSSR count). The fraction of sp³-hybridized carbons (Fsp3) is 1.00. The Hall–Kier alpha value is -0.160. The Morgan fingerprint density at radius 1 is 0.824 bits per heavy atom. The van der Waals surface area contributed by atoms with Crippen LogP contribution in [0.3, 0.4) is 0 Å². The minimum atomic E-state index is 0.857. The molecule has 0 bridgehead atoms. The summed E-state index contributed by atoms with van der Waals surface area (Å²) in [7, 11) is 0. The van der Waals surface area contributed by atoms with E-state index >= 15 is 0 Å². The lowest BCUT2D eigenvalue weighted by molar-refractivity contribution is 0.0230. The Balaban J connectivity index is 1.31. The summed E-state index contributed by atoms with van der Waals surface area (Å²) < 4.78 is 0. The topological polar surface area (TPSA) is 21.8 Å². The van der Waals surface area contributed by atoms with Crippen molar-refractivity contribution in [1.29, 1.82) is 0 Å². The van der Waals surface area contributed by atoms with Gasteiger partial charge in [0.1, 0.15) is 0 Å². The number of likely N-dealkylation sites (tertiary alicyclic amines) is 2. The van der Waals surface area contributed by atoms with Crippen LogP contribution in [0.5, 0.6) is 0 Å². The second-order valence-corrected chi connectivity index (χ2v) is 5.75. The van der Waals surface area contributed by atoms with E-state index in [1.54, 1.807) is 0 Å². The van der Waals surface area contributed by atoms with Gasteiger partial charge in [-0.15, -0.1) is 0 Å². The molecule has 1 N–H and O–H groups in total. The molecule has 3 saturated heterocycles. The highest BCUT2D eigenvalue weighted by atomic mass is 15.3. The molecule has 3 aliphatic rings. The SMILES string of the molecule is C1CCN(CCN2CC(N3CCNCC3)C2)C1. The predicted molar refractivity (Wildman–Crippen MR) is 70.3 cm³/mol. The Labute approximate surface area is 105 Å². The molecule has 0 amide bonds. The summed E-state index contributed by atoms with van der Waals surface area (Å²) in [5.74, 6) is 0. The predicted octanol–water partition coefficient (Wildman–Crippen LogP) is -0.328. The van der Waals surface area contributed by atoms with Gasteiger partial charge in [-0.25, -0.2) is 0 Å². The Morgan fingerprint density at radius 2 is 1.47 bits per heavy atom. The molecule has 0 radical (unpaired) electrons. The zero-order valence-corrected chi connectivity index (χ0v) is 10.9. The van der Waals surface area contributed by atoms with Crippen molar-refractivity contribution < 1.29 is 0 Å². The highest BCUT2D eigenvalue weighted by Gasteiger charge is 2.32. The van der Waals surface area contributed by atoms with E-state index in [1.165, 1.54) is 78.3 Å². The summed E-state index contributed by atoms with van der Waals surface area (Å²) in [4.78, 5) is 7.92. The monoisotopic (exact) mass is 238 g/mol. The van der Waals surface area contributed by atoms with Gasteiger partial charge in [-0.05, 0) is 25.9 Å². The van der Waals surface area contributed by atoms with E-state index in [2.05, 4.69) is 20.0 Å². The molecule has 0 atom stereocenters. The number of nitrogens with one attached hydrogen (secondary N) is 1. The van der Waals surface area contributed by atoms with Gasteiger partial charge in [-0.3, -0.25) is 9.80 Å². The van der Waals surface area contributed by atoms with Crippen molar-refractivity contribution in [3.63, 3.8) is 0 Å². The fourth-order valence-corrected chi connectivity index (χ4v) is 3.29. The number of piperazine rings is 1. The van der Waals surface area contributed by atoms with Crippen LogP contribution in [0.15, 0.2) is 0 Å². The molecule has 0 saturated carbocycles. The van der Waals surface area contributed by atoms with Gasteiger partial charge >= 0.3 is 0 Å². The molecule has 0 aromatic heterocycles. The first-order valence-electron chi connectivity index (χ1n) is 7.31. The number of hydrogen-bond donors (Lipinski definition) is 1. The molecular weight excluding hydrogens is 212 g/mol. The maximum absolute atomic E-state index is 3.43. The largest absolute Gasteiger partial charge is 0.314 e. The smallest absolute Gasteiger partial charge is 0.0351 e. The van der Waals surface area contributed by atoms with Crippen molar-refractivity contribution in [1.82, 2.24) is 20.0 Å². The molecule has 0 aromatic rings. The molecule has 17 heavy (non-hydrogen) atoms. The number of hydrogen-bond acceptors (Lipinski definition) is 4. The molecule has 3 fully saturated rings. The van der Waals surface area contributed by atoms with Crippen molar-refractivity contribution in [3.8, 4) is 0 Å². The minimum Gasteiger partial charge on any atom is -0.314 e. The highest BCUT2D eigenvalue weighted by Crippen LogP contribution is 2.16. The zero-order valence-electron chi connectivity index (χ0n) is 10.9. The van der Waals surface area contributed by atoms with E-state index in [9.17, 15) is 0 Å². The van der Waals surface area contributed by atoms with Crippen LogP contribution < -0.4 is 5.32 Å². The van der Waals surface area contributed by atoms with E-state index in [4.69, 9.17) is 0 Å². The summed E-state index contributed by atoms with van der Waals surface area (Å²) in [6.45, 7) is 12.8.